The van der Waals surface area contributed by atoms with Gasteiger partial charge in [0.2, 0.25) is 0 Å². The van der Waals surface area contributed by atoms with Crippen molar-refractivity contribution in [3.63, 3.8) is 0 Å². The van der Waals surface area contributed by atoms with E-state index in [1.54, 1.807) is 25.2 Å². The van der Waals surface area contributed by atoms with Crippen LogP contribution in [0.1, 0.15) is 14.5 Å². The zero-order valence-electron chi connectivity index (χ0n) is 9.14. The average Bonchev–Trinajstić information content (AvgIpc) is 2.55. The van der Waals surface area contributed by atoms with E-state index in [0.717, 1.165) is 4.88 Å². The molecule has 0 bridgehead atoms. The first-order chi connectivity index (χ1) is 7.04. The van der Waals surface area contributed by atoms with Gasteiger partial charge in [0.1, 0.15) is 10.6 Å². The van der Waals surface area contributed by atoms with E-state index in [4.69, 9.17) is 0 Å². The summed E-state index contributed by atoms with van der Waals surface area (Å²) in [4.78, 5) is 12.7. The van der Waals surface area contributed by atoms with Gasteiger partial charge in [-0.2, -0.15) is 0 Å². The minimum atomic E-state index is -0.339. The lowest BCUT2D eigenvalue weighted by atomic mass is 10.4. The quantitative estimate of drug-likeness (QED) is 0.452. The van der Waals surface area contributed by atoms with Gasteiger partial charge < -0.3 is 4.74 Å². The minimum Gasteiger partial charge on any atom is -0.465 e. The van der Waals surface area contributed by atoms with Crippen molar-refractivity contribution in [3.8, 4) is 0 Å². The van der Waals surface area contributed by atoms with Crippen molar-refractivity contribution in [1.82, 2.24) is 5.01 Å². The summed E-state index contributed by atoms with van der Waals surface area (Å²) in [5.41, 5.74) is 0.703. The monoisotopic (exact) mass is 227 g/mol. The van der Waals surface area contributed by atoms with Crippen LogP contribution in [0.15, 0.2) is 16.4 Å². The summed E-state index contributed by atoms with van der Waals surface area (Å²) >= 11 is 1.35. The SMILES string of the molecule is COC(=O)c1cc(N=NN(C)C)c(C)s1. The van der Waals surface area contributed by atoms with Gasteiger partial charge in [-0.1, -0.05) is 5.22 Å². The van der Waals surface area contributed by atoms with E-state index < -0.39 is 0 Å². The molecule has 0 saturated carbocycles. The van der Waals surface area contributed by atoms with E-state index in [-0.39, 0.29) is 5.97 Å². The molecule has 82 valence electrons. The van der Waals surface area contributed by atoms with Crippen molar-refractivity contribution in [3.05, 3.63) is 15.8 Å². The zero-order chi connectivity index (χ0) is 11.4. The van der Waals surface area contributed by atoms with E-state index in [1.165, 1.54) is 18.4 Å². The fourth-order valence-electron chi connectivity index (χ4n) is 0.911. The molecule has 1 rings (SSSR count). The Morgan fingerprint density at radius 3 is 2.73 bits per heavy atom. The highest BCUT2D eigenvalue weighted by Crippen LogP contribution is 2.29. The van der Waals surface area contributed by atoms with Crippen LogP contribution in [-0.4, -0.2) is 32.2 Å². The molecule has 1 aromatic rings. The third-order valence-corrected chi connectivity index (χ3v) is 2.63. The summed E-state index contributed by atoms with van der Waals surface area (Å²) in [5.74, 6) is -0.339. The van der Waals surface area contributed by atoms with Crippen LogP contribution in [0.25, 0.3) is 0 Å². The lowest BCUT2D eigenvalue weighted by Gasteiger charge is -1.99. The molecule has 0 saturated heterocycles. The number of methoxy groups -OCH3 is 1. The Hall–Kier alpha value is -1.43. The van der Waals surface area contributed by atoms with E-state index in [9.17, 15) is 4.79 Å². The van der Waals surface area contributed by atoms with Crippen LogP contribution < -0.4 is 0 Å². The molecule has 0 N–H and O–H groups in total. The summed E-state index contributed by atoms with van der Waals surface area (Å²) < 4.78 is 4.62. The number of ether oxygens (including phenoxy) is 1. The minimum absolute atomic E-state index is 0.339. The van der Waals surface area contributed by atoms with Gasteiger partial charge in [0.05, 0.1) is 7.11 Å². The molecule has 0 fully saturated rings. The van der Waals surface area contributed by atoms with E-state index in [2.05, 4.69) is 15.1 Å². The highest BCUT2D eigenvalue weighted by atomic mass is 32.1. The van der Waals surface area contributed by atoms with Gasteiger partial charge in [-0.05, 0) is 13.0 Å². The van der Waals surface area contributed by atoms with E-state index in [1.807, 2.05) is 6.92 Å². The Labute approximate surface area is 92.3 Å². The predicted molar refractivity (Wildman–Crippen MR) is 58.6 cm³/mol. The Kier molecular flexibility index (Phi) is 3.79. The normalized spacial score (nSPS) is 10.7. The van der Waals surface area contributed by atoms with Gasteiger partial charge in [-0.3, -0.25) is 5.01 Å². The lowest BCUT2D eigenvalue weighted by molar-refractivity contribution is 0.0606. The third-order valence-electron chi connectivity index (χ3n) is 1.61. The second-order valence-corrected chi connectivity index (χ2v) is 4.34. The van der Waals surface area contributed by atoms with Gasteiger partial charge in [-0.25, -0.2) is 4.79 Å². The zero-order valence-corrected chi connectivity index (χ0v) is 9.96. The molecule has 0 aromatic carbocycles. The fraction of sp³-hybridized carbons (Fsp3) is 0.444. The number of thiophene rings is 1. The molecular weight excluding hydrogens is 214 g/mol. The van der Waals surface area contributed by atoms with Crippen LogP contribution >= 0.6 is 11.3 Å². The van der Waals surface area contributed by atoms with Crippen molar-refractivity contribution in [2.24, 2.45) is 10.3 Å². The average molecular weight is 227 g/mol. The summed E-state index contributed by atoms with van der Waals surface area (Å²) in [6.07, 6.45) is 0. The van der Waals surface area contributed by atoms with Crippen molar-refractivity contribution in [2.45, 2.75) is 6.92 Å². The number of carbonyl (C=O) groups is 1. The molecule has 5 nitrogen and oxygen atoms in total. The fourth-order valence-corrected chi connectivity index (χ4v) is 1.78. The van der Waals surface area contributed by atoms with Crippen molar-refractivity contribution in [1.29, 1.82) is 0 Å². The molecule has 0 unspecified atom stereocenters. The molecule has 0 aliphatic heterocycles. The number of hydrogen-bond acceptors (Lipinski definition) is 5. The number of esters is 1. The summed E-state index contributed by atoms with van der Waals surface area (Å²) in [6, 6.07) is 1.68. The van der Waals surface area contributed by atoms with Crippen LogP contribution in [0.4, 0.5) is 5.69 Å². The van der Waals surface area contributed by atoms with Crippen LogP contribution in [0, 0.1) is 6.92 Å². The van der Waals surface area contributed by atoms with Crippen LogP contribution in [-0.2, 0) is 4.74 Å². The largest absolute Gasteiger partial charge is 0.465 e. The molecule has 0 aliphatic rings. The summed E-state index contributed by atoms with van der Waals surface area (Å²) in [5, 5.41) is 9.46. The highest BCUT2D eigenvalue weighted by Gasteiger charge is 2.12. The molecule has 1 aromatic heterocycles. The molecule has 1 heterocycles. The Bertz CT molecular complexity index is 385. The van der Waals surface area contributed by atoms with Crippen molar-refractivity contribution < 1.29 is 9.53 Å². The van der Waals surface area contributed by atoms with Crippen LogP contribution in [0.5, 0.6) is 0 Å². The molecular formula is C9H13N3O2S. The van der Waals surface area contributed by atoms with E-state index in [0.29, 0.717) is 10.6 Å². The van der Waals surface area contributed by atoms with Gasteiger partial charge in [0.15, 0.2) is 0 Å². The maximum absolute atomic E-state index is 11.2. The number of aryl methyl sites for hydroxylation is 1. The Morgan fingerprint density at radius 1 is 1.53 bits per heavy atom. The second kappa shape index (κ2) is 4.88. The topological polar surface area (TPSA) is 54.3 Å². The maximum Gasteiger partial charge on any atom is 0.348 e. The number of carbonyl (C=O) groups excluding carboxylic acids is 1. The highest BCUT2D eigenvalue weighted by molar-refractivity contribution is 7.14. The standard InChI is InChI=1S/C9H13N3O2S/c1-6-7(10-11-12(2)3)5-8(15-6)9(13)14-4/h5H,1-4H3. The lowest BCUT2D eigenvalue weighted by Crippen LogP contribution is -1.98. The second-order valence-electron chi connectivity index (χ2n) is 3.08. The predicted octanol–water partition coefficient (Wildman–Crippen LogP) is 2.40. The molecule has 0 aliphatic carbocycles. The van der Waals surface area contributed by atoms with Gasteiger partial charge >= 0.3 is 5.97 Å². The van der Waals surface area contributed by atoms with E-state index >= 15 is 0 Å². The molecule has 0 atom stereocenters. The summed E-state index contributed by atoms with van der Waals surface area (Å²) in [7, 11) is 4.93. The third kappa shape index (κ3) is 3.02. The first-order valence-corrected chi connectivity index (χ1v) is 5.14. The molecule has 15 heavy (non-hydrogen) atoms. The van der Waals surface area contributed by atoms with Crippen molar-refractivity contribution >= 4 is 23.0 Å². The van der Waals surface area contributed by atoms with Crippen LogP contribution in [0.2, 0.25) is 0 Å². The van der Waals surface area contributed by atoms with Crippen LogP contribution in [0.3, 0.4) is 0 Å². The Morgan fingerprint density at radius 2 is 2.20 bits per heavy atom. The van der Waals surface area contributed by atoms with Crippen molar-refractivity contribution in [2.75, 3.05) is 21.2 Å². The Balaban J connectivity index is 2.91. The molecule has 6 heteroatoms. The molecule has 0 spiro atoms. The molecule has 0 radical (unpaired) electrons. The number of hydrogen-bond donors (Lipinski definition) is 0. The maximum atomic E-state index is 11.2. The first kappa shape index (κ1) is 11.6. The van der Waals surface area contributed by atoms with Gasteiger partial charge in [0, 0.05) is 19.0 Å². The van der Waals surface area contributed by atoms with Gasteiger partial charge in [0.25, 0.3) is 0 Å². The molecule has 0 amide bonds. The smallest absolute Gasteiger partial charge is 0.348 e. The number of nitrogens with zero attached hydrogens (tertiary/aromatic N) is 3. The van der Waals surface area contributed by atoms with Gasteiger partial charge in [-0.15, -0.1) is 16.5 Å². The summed E-state index contributed by atoms with van der Waals surface area (Å²) in [6.45, 7) is 1.89. The number of rotatable bonds is 3. The first-order valence-electron chi connectivity index (χ1n) is 4.32.